The Morgan fingerprint density at radius 1 is 0.917 bits per heavy atom. The van der Waals surface area contributed by atoms with Crippen molar-refractivity contribution >= 4 is 6.20 Å². The van der Waals surface area contributed by atoms with Crippen molar-refractivity contribution < 1.29 is 36.6 Å². The third kappa shape index (κ3) is 4.18. The van der Waals surface area contributed by atoms with Crippen LogP contribution in [-0.2, 0) is 12.4 Å². The molecule has 0 bridgehead atoms. The van der Waals surface area contributed by atoms with Crippen LogP contribution < -0.4 is 0 Å². The van der Waals surface area contributed by atoms with E-state index in [1.54, 1.807) is 0 Å². The second kappa shape index (κ2) is 6.33. The van der Waals surface area contributed by atoms with Gasteiger partial charge in [-0.2, -0.15) is 26.3 Å². The molecule has 2 aromatic rings. The summed E-state index contributed by atoms with van der Waals surface area (Å²) in [5.41, 5.74) is -3.12. The zero-order chi connectivity index (χ0) is 18.1. The predicted octanol–water partition coefficient (Wildman–Crippen LogP) is 3.97. The summed E-state index contributed by atoms with van der Waals surface area (Å²) in [5.74, 6) is 0. The maximum absolute atomic E-state index is 12.9. The van der Waals surface area contributed by atoms with Crippen LogP contribution in [0.15, 0.2) is 42.6 Å². The summed E-state index contributed by atoms with van der Waals surface area (Å²) in [4.78, 5) is 0. The molecular weight excluding hydrogens is 340 g/mol. The van der Waals surface area contributed by atoms with Gasteiger partial charge in [0.25, 0.3) is 0 Å². The van der Waals surface area contributed by atoms with Gasteiger partial charge in [-0.15, -0.1) is 0 Å². The van der Waals surface area contributed by atoms with Gasteiger partial charge in [-0.05, 0) is 42.0 Å². The van der Waals surface area contributed by atoms with Crippen molar-refractivity contribution in [2.24, 2.45) is 0 Å². The molecule has 0 atom stereocenters. The molecule has 0 unspecified atom stereocenters. The number of benzene rings is 1. The summed E-state index contributed by atoms with van der Waals surface area (Å²) in [6.45, 7) is 0. The second-order valence-electron chi connectivity index (χ2n) is 4.85. The molecule has 1 aromatic carbocycles. The lowest BCUT2D eigenvalue weighted by Gasteiger charge is -2.15. The monoisotopic (exact) mass is 351 g/mol. The number of halogens is 6. The van der Waals surface area contributed by atoms with Crippen LogP contribution in [-0.4, -0.2) is 21.1 Å². The number of aliphatic hydroxyl groups is 2. The number of alkyl halides is 6. The number of rotatable bonds is 3. The number of hydrogen-bond acceptors (Lipinski definition) is 2. The minimum absolute atomic E-state index is 0.0310. The van der Waals surface area contributed by atoms with Gasteiger partial charge in [0, 0.05) is 12.4 Å². The fraction of sp³-hybridized carbons (Fsp3) is 0.200. The van der Waals surface area contributed by atoms with Gasteiger partial charge in [0.15, 0.2) is 6.29 Å². The van der Waals surface area contributed by atoms with E-state index in [2.05, 4.69) is 0 Å². The Morgan fingerprint density at radius 2 is 1.46 bits per heavy atom. The highest BCUT2D eigenvalue weighted by molar-refractivity contribution is 5.65. The number of aliphatic hydroxyl groups excluding tert-OH is 1. The first-order valence-corrected chi connectivity index (χ1v) is 6.49. The maximum Gasteiger partial charge on any atom is 0.416 e. The van der Waals surface area contributed by atoms with Gasteiger partial charge in [0.1, 0.15) is 0 Å². The molecule has 0 aliphatic rings. The van der Waals surface area contributed by atoms with E-state index in [-0.39, 0.29) is 17.3 Å². The SMILES string of the molecule is OC(O)/C=C\n1cccc1-c1cc(C(F)(F)F)cc(C(F)(F)F)c1. The van der Waals surface area contributed by atoms with Gasteiger partial charge in [0.2, 0.25) is 0 Å². The van der Waals surface area contributed by atoms with Crippen molar-refractivity contribution in [3.63, 3.8) is 0 Å². The minimum atomic E-state index is -4.94. The van der Waals surface area contributed by atoms with E-state index < -0.39 is 29.8 Å². The summed E-state index contributed by atoms with van der Waals surface area (Å²) >= 11 is 0. The molecule has 9 heteroatoms. The highest BCUT2D eigenvalue weighted by Gasteiger charge is 2.37. The average Bonchev–Trinajstić information content (AvgIpc) is 2.91. The molecular formula is C15H11F6NO2. The highest BCUT2D eigenvalue weighted by Crippen LogP contribution is 2.38. The normalized spacial score (nSPS) is 13.2. The molecule has 0 spiro atoms. The van der Waals surface area contributed by atoms with Crippen molar-refractivity contribution in [3.8, 4) is 11.3 Å². The number of aromatic nitrogens is 1. The largest absolute Gasteiger partial charge is 0.416 e. The molecule has 130 valence electrons. The first-order chi connectivity index (χ1) is 11.0. The molecule has 1 aromatic heterocycles. The Bertz CT molecular complexity index is 711. The Balaban J connectivity index is 2.61. The van der Waals surface area contributed by atoms with Crippen molar-refractivity contribution in [1.29, 1.82) is 0 Å². The highest BCUT2D eigenvalue weighted by atomic mass is 19.4. The van der Waals surface area contributed by atoms with Crippen LogP contribution in [0.4, 0.5) is 26.3 Å². The zero-order valence-corrected chi connectivity index (χ0v) is 11.8. The maximum atomic E-state index is 12.9. The lowest BCUT2D eigenvalue weighted by molar-refractivity contribution is -0.143. The summed E-state index contributed by atoms with van der Waals surface area (Å²) in [7, 11) is 0. The van der Waals surface area contributed by atoms with E-state index in [0.717, 1.165) is 12.3 Å². The van der Waals surface area contributed by atoms with E-state index >= 15 is 0 Å². The third-order valence-electron chi connectivity index (χ3n) is 3.08. The van der Waals surface area contributed by atoms with Gasteiger partial charge in [-0.3, -0.25) is 0 Å². The van der Waals surface area contributed by atoms with Gasteiger partial charge in [0.05, 0.1) is 16.8 Å². The topological polar surface area (TPSA) is 45.4 Å². The summed E-state index contributed by atoms with van der Waals surface area (Å²) in [6, 6.07) is 3.96. The van der Waals surface area contributed by atoms with Crippen LogP contribution in [0, 0.1) is 0 Å². The smallest absolute Gasteiger partial charge is 0.365 e. The first kappa shape index (κ1) is 18.1. The molecule has 2 rings (SSSR count). The van der Waals surface area contributed by atoms with Crippen molar-refractivity contribution in [2.75, 3.05) is 0 Å². The summed E-state index contributed by atoms with van der Waals surface area (Å²) in [6.07, 6.45) is -8.32. The Labute approximate surface area is 132 Å². The van der Waals surface area contributed by atoms with Crippen LogP contribution in [0.1, 0.15) is 11.1 Å². The van der Waals surface area contributed by atoms with E-state index in [4.69, 9.17) is 10.2 Å². The lowest BCUT2D eigenvalue weighted by atomic mass is 10.0. The minimum Gasteiger partial charge on any atom is -0.365 e. The van der Waals surface area contributed by atoms with Gasteiger partial charge >= 0.3 is 12.4 Å². The fourth-order valence-electron chi connectivity index (χ4n) is 2.04. The molecule has 0 fully saturated rings. The molecule has 0 aliphatic carbocycles. The van der Waals surface area contributed by atoms with Crippen molar-refractivity contribution in [3.05, 3.63) is 53.7 Å². The second-order valence-corrected chi connectivity index (χ2v) is 4.85. The fourth-order valence-corrected chi connectivity index (χ4v) is 2.04. The Morgan fingerprint density at radius 3 is 1.92 bits per heavy atom. The molecule has 0 saturated heterocycles. The van der Waals surface area contributed by atoms with E-state index in [0.29, 0.717) is 12.1 Å². The van der Waals surface area contributed by atoms with Crippen LogP contribution in [0.3, 0.4) is 0 Å². The first-order valence-electron chi connectivity index (χ1n) is 6.49. The average molecular weight is 351 g/mol. The van der Waals surface area contributed by atoms with Crippen molar-refractivity contribution in [2.45, 2.75) is 18.6 Å². The molecule has 24 heavy (non-hydrogen) atoms. The third-order valence-corrected chi connectivity index (χ3v) is 3.08. The van der Waals surface area contributed by atoms with Crippen LogP contribution >= 0.6 is 0 Å². The summed E-state index contributed by atoms with van der Waals surface area (Å²) < 4.78 is 78.4. The molecule has 0 radical (unpaired) electrons. The predicted molar refractivity (Wildman–Crippen MR) is 73.4 cm³/mol. The standard InChI is InChI=1S/C15H11F6NO2/c16-14(17,18)10-6-9(7-11(8-10)15(19,20)21)12-2-1-4-22(12)5-3-13(23)24/h1-8,13,23-24H/b5-3-. The van der Waals surface area contributed by atoms with E-state index in [1.165, 1.54) is 22.9 Å². The van der Waals surface area contributed by atoms with Gasteiger partial charge in [-0.1, -0.05) is 0 Å². The number of hydrogen-bond donors (Lipinski definition) is 2. The molecule has 0 saturated carbocycles. The van der Waals surface area contributed by atoms with Crippen LogP contribution in [0.5, 0.6) is 0 Å². The molecule has 0 amide bonds. The van der Waals surface area contributed by atoms with Crippen LogP contribution in [0.25, 0.3) is 17.5 Å². The van der Waals surface area contributed by atoms with E-state index in [1.807, 2.05) is 0 Å². The Hall–Kier alpha value is -2.26. The quantitative estimate of drug-likeness (QED) is 0.649. The van der Waals surface area contributed by atoms with E-state index in [9.17, 15) is 26.3 Å². The molecule has 3 nitrogen and oxygen atoms in total. The molecule has 0 aliphatic heterocycles. The van der Waals surface area contributed by atoms with Gasteiger partial charge < -0.3 is 14.8 Å². The number of nitrogens with zero attached hydrogens (tertiary/aromatic N) is 1. The molecule has 2 N–H and O–H groups in total. The van der Waals surface area contributed by atoms with Gasteiger partial charge in [-0.25, -0.2) is 0 Å². The molecule has 1 heterocycles. The van der Waals surface area contributed by atoms with Crippen LogP contribution in [0.2, 0.25) is 0 Å². The lowest BCUT2D eigenvalue weighted by Crippen LogP contribution is -2.11. The van der Waals surface area contributed by atoms with Crippen molar-refractivity contribution in [1.82, 2.24) is 4.57 Å². The summed E-state index contributed by atoms with van der Waals surface area (Å²) in [5, 5.41) is 17.5. The zero-order valence-electron chi connectivity index (χ0n) is 11.8. The Kier molecular flexibility index (Phi) is 4.77.